The third-order valence-corrected chi connectivity index (χ3v) is 4.34. The number of aromatic nitrogens is 3. The summed E-state index contributed by atoms with van der Waals surface area (Å²) >= 11 is 1.63. The molecule has 104 valence electrons. The summed E-state index contributed by atoms with van der Waals surface area (Å²) in [5.41, 5.74) is 9.19. The van der Waals surface area contributed by atoms with Gasteiger partial charge < -0.3 is 5.73 Å². The Balaban J connectivity index is 1.63. The lowest BCUT2D eigenvalue weighted by molar-refractivity contribution is 0.690. The lowest BCUT2D eigenvalue weighted by atomic mass is 10.1. The van der Waals surface area contributed by atoms with Crippen molar-refractivity contribution in [3.8, 4) is 0 Å². The van der Waals surface area contributed by atoms with Crippen LogP contribution in [-0.2, 0) is 6.42 Å². The number of pyridine rings is 1. The smallest absolute Gasteiger partial charge is 0.193 e. The number of imidazole rings is 1. The Morgan fingerprint density at radius 2 is 2.05 bits per heavy atom. The van der Waals surface area contributed by atoms with Crippen molar-refractivity contribution in [1.82, 2.24) is 14.4 Å². The number of fused-ring (bicyclic) bond motifs is 2. The molecule has 0 saturated carbocycles. The highest BCUT2D eigenvalue weighted by atomic mass is 32.1. The number of thiazole rings is 1. The number of rotatable bonds is 3. The van der Waals surface area contributed by atoms with Gasteiger partial charge in [0, 0.05) is 29.6 Å². The molecular formula is C16H14N4S. The number of nitrogens with zero attached hydrogens (tertiary/aromatic N) is 3. The van der Waals surface area contributed by atoms with E-state index in [1.807, 2.05) is 46.4 Å². The van der Waals surface area contributed by atoms with E-state index in [1.54, 1.807) is 11.3 Å². The Bertz CT molecular complexity index is 880. The second kappa shape index (κ2) is 4.95. The van der Waals surface area contributed by atoms with Gasteiger partial charge in [0.2, 0.25) is 0 Å². The van der Waals surface area contributed by atoms with E-state index in [-0.39, 0.29) is 6.04 Å². The van der Waals surface area contributed by atoms with Gasteiger partial charge in [-0.2, -0.15) is 0 Å². The van der Waals surface area contributed by atoms with Crippen molar-refractivity contribution in [3.05, 3.63) is 65.6 Å². The molecule has 0 aliphatic carbocycles. The van der Waals surface area contributed by atoms with Crippen molar-refractivity contribution < 1.29 is 0 Å². The van der Waals surface area contributed by atoms with Gasteiger partial charge in [-0.1, -0.05) is 24.3 Å². The fourth-order valence-electron chi connectivity index (χ4n) is 2.49. The molecule has 1 aromatic carbocycles. The molecule has 0 aliphatic heterocycles. The van der Waals surface area contributed by atoms with Crippen LogP contribution in [0.25, 0.3) is 15.9 Å². The molecule has 0 radical (unpaired) electrons. The van der Waals surface area contributed by atoms with E-state index < -0.39 is 0 Å². The lowest BCUT2D eigenvalue weighted by Crippen LogP contribution is -2.15. The molecule has 1 unspecified atom stereocenters. The van der Waals surface area contributed by atoms with Crippen LogP contribution < -0.4 is 5.73 Å². The van der Waals surface area contributed by atoms with Crippen LogP contribution >= 0.6 is 11.3 Å². The van der Waals surface area contributed by atoms with Gasteiger partial charge in [-0.25, -0.2) is 4.98 Å². The van der Waals surface area contributed by atoms with Gasteiger partial charge >= 0.3 is 0 Å². The zero-order valence-corrected chi connectivity index (χ0v) is 12.1. The molecule has 0 fully saturated rings. The first kappa shape index (κ1) is 12.5. The summed E-state index contributed by atoms with van der Waals surface area (Å²) in [7, 11) is 0. The van der Waals surface area contributed by atoms with E-state index in [9.17, 15) is 0 Å². The second-order valence-electron chi connectivity index (χ2n) is 5.06. The predicted octanol–water partition coefficient (Wildman–Crippen LogP) is 3.19. The molecule has 4 rings (SSSR count). The van der Waals surface area contributed by atoms with Crippen LogP contribution in [0.5, 0.6) is 0 Å². The van der Waals surface area contributed by atoms with Crippen LogP contribution in [-0.4, -0.2) is 14.4 Å². The van der Waals surface area contributed by atoms with Crippen LogP contribution in [0.4, 0.5) is 0 Å². The molecule has 0 saturated heterocycles. The van der Waals surface area contributed by atoms with Gasteiger partial charge in [0.1, 0.15) is 0 Å². The molecule has 2 N–H and O–H groups in total. The van der Waals surface area contributed by atoms with E-state index in [2.05, 4.69) is 22.1 Å². The normalized spacial score (nSPS) is 13.0. The van der Waals surface area contributed by atoms with E-state index in [1.165, 1.54) is 0 Å². The van der Waals surface area contributed by atoms with E-state index in [4.69, 9.17) is 5.73 Å². The third-order valence-electron chi connectivity index (χ3n) is 3.57. The van der Waals surface area contributed by atoms with Crippen molar-refractivity contribution in [2.75, 3.05) is 0 Å². The molecule has 0 aliphatic rings. The summed E-state index contributed by atoms with van der Waals surface area (Å²) in [5.74, 6) is 0. The zero-order valence-electron chi connectivity index (χ0n) is 11.3. The molecule has 0 spiro atoms. The van der Waals surface area contributed by atoms with Crippen molar-refractivity contribution in [2.45, 2.75) is 12.5 Å². The topological polar surface area (TPSA) is 56.2 Å². The summed E-state index contributed by atoms with van der Waals surface area (Å²) in [6, 6.07) is 12.0. The minimum Gasteiger partial charge on any atom is -0.322 e. The molecule has 21 heavy (non-hydrogen) atoms. The monoisotopic (exact) mass is 294 g/mol. The standard InChI is InChI=1S/C16H14N4S/c17-13(9-12-10-20-7-8-21-16(20)18-12)15-6-5-11-3-1-2-4-14(11)19-15/h1-8,10,13H,9,17H2. The molecule has 0 bridgehead atoms. The minimum atomic E-state index is -0.140. The Hall–Kier alpha value is -2.24. The molecular weight excluding hydrogens is 280 g/mol. The largest absolute Gasteiger partial charge is 0.322 e. The highest BCUT2D eigenvalue weighted by molar-refractivity contribution is 7.15. The van der Waals surface area contributed by atoms with Crippen LogP contribution in [0.1, 0.15) is 17.4 Å². The first-order chi connectivity index (χ1) is 10.3. The van der Waals surface area contributed by atoms with Crippen LogP contribution in [0.2, 0.25) is 0 Å². The van der Waals surface area contributed by atoms with Crippen LogP contribution in [0.3, 0.4) is 0 Å². The Morgan fingerprint density at radius 3 is 2.95 bits per heavy atom. The lowest BCUT2D eigenvalue weighted by Gasteiger charge is -2.10. The van der Waals surface area contributed by atoms with Crippen molar-refractivity contribution in [1.29, 1.82) is 0 Å². The van der Waals surface area contributed by atoms with Gasteiger partial charge in [0.25, 0.3) is 0 Å². The van der Waals surface area contributed by atoms with E-state index >= 15 is 0 Å². The maximum Gasteiger partial charge on any atom is 0.193 e. The summed E-state index contributed by atoms with van der Waals surface area (Å²) in [5, 5.41) is 3.16. The molecule has 4 aromatic rings. The van der Waals surface area contributed by atoms with Crippen LogP contribution in [0, 0.1) is 0 Å². The maximum absolute atomic E-state index is 6.30. The minimum absolute atomic E-state index is 0.140. The molecule has 0 amide bonds. The Morgan fingerprint density at radius 1 is 1.14 bits per heavy atom. The average Bonchev–Trinajstić information content (AvgIpc) is 3.08. The molecule has 3 heterocycles. The van der Waals surface area contributed by atoms with Gasteiger partial charge in [-0.15, -0.1) is 11.3 Å². The van der Waals surface area contributed by atoms with Gasteiger partial charge in [-0.3, -0.25) is 9.38 Å². The van der Waals surface area contributed by atoms with E-state index in [0.717, 1.165) is 27.3 Å². The zero-order chi connectivity index (χ0) is 14.2. The number of hydrogen-bond acceptors (Lipinski definition) is 4. The van der Waals surface area contributed by atoms with Gasteiger partial charge in [-0.05, 0) is 12.1 Å². The van der Waals surface area contributed by atoms with Crippen molar-refractivity contribution in [2.24, 2.45) is 5.73 Å². The van der Waals surface area contributed by atoms with Gasteiger partial charge in [0.05, 0.1) is 22.9 Å². The highest BCUT2D eigenvalue weighted by Crippen LogP contribution is 2.19. The number of para-hydroxylation sites is 1. The summed E-state index contributed by atoms with van der Waals surface area (Å²) in [4.78, 5) is 10.2. The number of nitrogens with two attached hydrogens (primary N) is 1. The third kappa shape index (κ3) is 2.30. The first-order valence-corrected chi connectivity index (χ1v) is 7.70. The quantitative estimate of drug-likeness (QED) is 0.631. The molecule has 3 aromatic heterocycles. The summed E-state index contributed by atoms with van der Waals surface area (Å²) in [6.45, 7) is 0. The second-order valence-corrected chi connectivity index (χ2v) is 5.94. The maximum atomic E-state index is 6.30. The summed E-state index contributed by atoms with van der Waals surface area (Å²) in [6.07, 6.45) is 4.74. The molecule has 5 heteroatoms. The number of benzene rings is 1. The Kier molecular flexibility index (Phi) is 2.94. The number of hydrogen-bond donors (Lipinski definition) is 1. The molecule has 1 atom stereocenters. The molecule has 4 nitrogen and oxygen atoms in total. The van der Waals surface area contributed by atoms with Crippen molar-refractivity contribution >= 4 is 27.2 Å². The fraction of sp³-hybridized carbons (Fsp3) is 0.125. The first-order valence-electron chi connectivity index (χ1n) is 6.82. The van der Waals surface area contributed by atoms with E-state index in [0.29, 0.717) is 6.42 Å². The SMILES string of the molecule is NC(Cc1cn2ccsc2n1)c1ccc2ccccc2n1. The Labute approximate surface area is 125 Å². The average molecular weight is 294 g/mol. The van der Waals surface area contributed by atoms with Gasteiger partial charge in [0.15, 0.2) is 4.96 Å². The predicted molar refractivity (Wildman–Crippen MR) is 85.4 cm³/mol. The fourth-order valence-corrected chi connectivity index (χ4v) is 3.21. The van der Waals surface area contributed by atoms with Crippen molar-refractivity contribution in [3.63, 3.8) is 0 Å². The van der Waals surface area contributed by atoms with Crippen LogP contribution in [0.15, 0.2) is 54.2 Å². The summed E-state index contributed by atoms with van der Waals surface area (Å²) < 4.78 is 2.03. The highest BCUT2D eigenvalue weighted by Gasteiger charge is 2.12.